The van der Waals surface area contributed by atoms with E-state index >= 15 is 0 Å². The van der Waals surface area contributed by atoms with Crippen LogP contribution in [0.25, 0.3) is 0 Å². The Bertz CT molecular complexity index is 349. The van der Waals surface area contributed by atoms with Crippen molar-refractivity contribution in [1.82, 2.24) is 0 Å². The van der Waals surface area contributed by atoms with Crippen molar-refractivity contribution < 1.29 is 5.21 Å². The van der Waals surface area contributed by atoms with Gasteiger partial charge in [0.15, 0.2) is 0 Å². The number of oxime groups is 1. The highest BCUT2D eigenvalue weighted by molar-refractivity contribution is 5.80. The summed E-state index contributed by atoms with van der Waals surface area (Å²) in [5.41, 5.74) is 7.77. The predicted octanol–water partition coefficient (Wildman–Crippen LogP) is 1.57. The van der Waals surface area contributed by atoms with Crippen LogP contribution in [0.5, 0.6) is 0 Å². The Morgan fingerprint density at radius 2 is 2.27 bits per heavy atom. The van der Waals surface area contributed by atoms with Gasteiger partial charge in [0, 0.05) is 25.7 Å². The van der Waals surface area contributed by atoms with Crippen LogP contribution in [0.3, 0.4) is 0 Å². The van der Waals surface area contributed by atoms with E-state index < -0.39 is 0 Å². The summed E-state index contributed by atoms with van der Waals surface area (Å²) in [5, 5.41) is 11.3. The second-order valence-electron chi connectivity index (χ2n) is 3.60. The van der Waals surface area contributed by atoms with Gasteiger partial charge in [0.1, 0.15) is 5.84 Å². The van der Waals surface area contributed by atoms with Gasteiger partial charge >= 0.3 is 0 Å². The Hall–Kier alpha value is -1.71. The molecule has 0 aliphatic rings. The summed E-state index contributed by atoms with van der Waals surface area (Å²) in [6.45, 7) is 2.79. The molecule has 0 saturated carbocycles. The minimum Gasteiger partial charge on any atom is -0.409 e. The van der Waals surface area contributed by atoms with E-state index in [2.05, 4.69) is 29.1 Å². The van der Waals surface area contributed by atoms with E-state index in [0.717, 1.165) is 12.2 Å². The van der Waals surface area contributed by atoms with Gasteiger partial charge in [-0.15, -0.1) is 0 Å². The summed E-state index contributed by atoms with van der Waals surface area (Å²) in [7, 11) is 1.99. The zero-order chi connectivity index (χ0) is 11.3. The molecule has 0 atom stereocenters. The maximum atomic E-state index is 8.41. The highest BCUT2D eigenvalue weighted by Gasteiger charge is 2.01. The monoisotopic (exact) mass is 207 g/mol. The number of benzene rings is 1. The molecule has 15 heavy (non-hydrogen) atoms. The molecule has 1 aromatic carbocycles. The zero-order valence-corrected chi connectivity index (χ0v) is 9.14. The Labute approximate surface area is 90.0 Å². The first-order chi connectivity index (χ1) is 7.13. The molecule has 0 amide bonds. The Morgan fingerprint density at radius 1 is 1.53 bits per heavy atom. The average molecular weight is 207 g/mol. The van der Waals surface area contributed by atoms with E-state index in [1.54, 1.807) is 0 Å². The lowest BCUT2D eigenvalue weighted by Crippen LogP contribution is -2.24. The molecule has 4 heteroatoms. The lowest BCUT2D eigenvalue weighted by molar-refractivity contribution is 0.317. The van der Waals surface area contributed by atoms with Crippen molar-refractivity contribution >= 4 is 11.5 Å². The number of nitrogens with two attached hydrogens (primary N) is 1. The molecular weight excluding hydrogens is 190 g/mol. The van der Waals surface area contributed by atoms with E-state index in [1.165, 1.54) is 5.56 Å². The average Bonchev–Trinajstić information content (AvgIpc) is 2.25. The lowest BCUT2D eigenvalue weighted by atomic mass is 10.2. The number of hydrogen-bond acceptors (Lipinski definition) is 3. The normalized spacial score (nSPS) is 11.5. The van der Waals surface area contributed by atoms with Crippen LogP contribution in [0.4, 0.5) is 5.69 Å². The van der Waals surface area contributed by atoms with Crippen LogP contribution in [0, 0.1) is 6.92 Å². The summed E-state index contributed by atoms with van der Waals surface area (Å²) < 4.78 is 0. The molecule has 0 spiro atoms. The van der Waals surface area contributed by atoms with E-state index in [1.807, 2.05) is 19.2 Å². The van der Waals surface area contributed by atoms with Crippen LogP contribution in [-0.2, 0) is 0 Å². The molecule has 0 bridgehead atoms. The number of nitrogens with zero attached hydrogens (tertiary/aromatic N) is 2. The molecule has 0 aliphatic carbocycles. The quantitative estimate of drug-likeness (QED) is 0.341. The molecule has 3 N–H and O–H groups in total. The number of aryl methyl sites for hydroxylation is 1. The topological polar surface area (TPSA) is 61.8 Å². The molecule has 0 fully saturated rings. The van der Waals surface area contributed by atoms with Crippen molar-refractivity contribution in [3.05, 3.63) is 29.8 Å². The Balaban J connectivity index is 2.57. The van der Waals surface area contributed by atoms with Gasteiger partial charge in [0.25, 0.3) is 0 Å². The second kappa shape index (κ2) is 5.24. The first kappa shape index (κ1) is 11.4. The molecule has 0 saturated heterocycles. The number of rotatable bonds is 4. The predicted molar refractivity (Wildman–Crippen MR) is 62.5 cm³/mol. The third-order valence-electron chi connectivity index (χ3n) is 2.27. The van der Waals surface area contributed by atoms with Crippen molar-refractivity contribution in [2.45, 2.75) is 13.3 Å². The van der Waals surface area contributed by atoms with E-state index in [4.69, 9.17) is 10.9 Å². The van der Waals surface area contributed by atoms with Crippen LogP contribution in [0.1, 0.15) is 12.0 Å². The summed E-state index contributed by atoms with van der Waals surface area (Å²) in [6, 6.07) is 8.22. The Kier molecular flexibility index (Phi) is 3.97. The molecule has 82 valence electrons. The minimum absolute atomic E-state index is 0.259. The fourth-order valence-electron chi connectivity index (χ4n) is 1.33. The summed E-state index contributed by atoms with van der Waals surface area (Å²) in [6.07, 6.45) is 0.556. The van der Waals surface area contributed by atoms with Crippen molar-refractivity contribution in [2.75, 3.05) is 18.5 Å². The van der Waals surface area contributed by atoms with Crippen molar-refractivity contribution in [3.8, 4) is 0 Å². The van der Waals surface area contributed by atoms with Gasteiger partial charge in [-0.1, -0.05) is 17.3 Å². The zero-order valence-electron chi connectivity index (χ0n) is 9.14. The van der Waals surface area contributed by atoms with Crippen molar-refractivity contribution in [1.29, 1.82) is 0 Å². The fourth-order valence-corrected chi connectivity index (χ4v) is 1.33. The van der Waals surface area contributed by atoms with Gasteiger partial charge in [-0.05, 0) is 24.6 Å². The Morgan fingerprint density at radius 3 is 2.87 bits per heavy atom. The maximum absolute atomic E-state index is 8.41. The van der Waals surface area contributed by atoms with E-state index in [-0.39, 0.29) is 5.84 Å². The molecule has 1 aromatic rings. The SMILES string of the molecule is Cc1cccc(N(C)CCC(N)=NO)c1. The largest absolute Gasteiger partial charge is 0.409 e. The van der Waals surface area contributed by atoms with Gasteiger partial charge in [-0.3, -0.25) is 0 Å². The fraction of sp³-hybridized carbons (Fsp3) is 0.364. The highest BCUT2D eigenvalue weighted by atomic mass is 16.4. The van der Waals surface area contributed by atoms with Gasteiger partial charge < -0.3 is 15.8 Å². The summed E-state index contributed by atoms with van der Waals surface area (Å²) in [5.74, 6) is 0.259. The third kappa shape index (κ3) is 3.50. The third-order valence-corrected chi connectivity index (χ3v) is 2.27. The molecule has 4 nitrogen and oxygen atoms in total. The molecule has 1 rings (SSSR count). The van der Waals surface area contributed by atoms with Gasteiger partial charge in [0.05, 0.1) is 0 Å². The molecule has 0 unspecified atom stereocenters. The van der Waals surface area contributed by atoms with Crippen molar-refractivity contribution in [2.24, 2.45) is 10.9 Å². The molecule has 0 heterocycles. The molecule has 0 aromatic heterocycles. The van der Waals surface area contributed by atoms with Gasteiger partial charge in [-0.25, -0.2) is 0 Å². The summed E-state index contributed by atoms with van der Waals surface area (Å²) >= 11 is 0. The van der Waals surface area contributed by atoms with Crippen molar-refractivity contribution in [3.63, 3.8) is 0 Å². The highest BCUT2D eigenvalue weighted by Crippen LogP contribution is 2.14. The van der Waals surface area contributed by atoms with Crippen LogP contribution in [0.15, 0.2) is 29.4 Å². The summed E-state index contributed by atoms with van der Waals surface area (Å²) in [4.78, 5) is 2.07. The maximum Gasteiger partial charge on any atom is 0.140 e. The van der Waals surface area contributed by atoms with Gasteiger partial charge in [0.2, 0.25) is 0 Å². The van der Waals surface area contributed by atoms with Crippen LogP contribution < -0.4 is 10.6 Å². The first-order valence-electron chi connectivity index (χ1n) is 4.87. The smallest absolute Gasteiger partial charge is 0.140 e. The number of anilines is 1. The van der Waals surface area contributed by atoms with Gasteiger partial charge in [-0.2, -0.15) is 0 Å². The van der Waals surface area contributed by atoms with E-state index in [0.29, 0.717) is 6.42 Å². The van der Waals surface area contributed by atoms with E-state index in [9.17, 15) is 0 Å². The standard InChI is InChI=1S/C11H17N3O/c1-9-4-3-5-10(8-9)14(2)7-6-11(12)13-15/h3-5,8,15H,6-7H2,1-2H3,(H2,12,13). The molecular formula is C11H17N3O. The molecule has 0 radical (unpaired) electrons. The first-order valence-corrected chi connectivity index (χ1v) is 4.87. The van der Waals surface area contributed by atoms with Crippen LogP contribution in [0.2, 0.25) is 0 Å². The minimum atomic E-state index is 0.259. The molecule has 0 aliphatic heterocycles. The van der Waals surface area contributed by atoms with Crippen LogP contribution >= 0.6 is 0 Å². The van der Waals surface area contributed by atoms with Crippen LogP contribution in [-0.4, -0.2) is 24.6 Å². The second-order valence-corrected chi connectivity index (χ2v) is 3.60. The lowest BCUT2D eigenvalue weighted by Gasteiger charge is -2.19. The number of amidine groups is 1. The number of hydrogen-bond donors (Lipinski definition) is 2.